The van der Waals surface area contributed by atoms with Crippen LogP contribution in [0.15, 0.2) is 12.7 Å². The van der Waals surface area contributed by atoms with Crippen molar-refractivity contribution in [3.63, 3.8) is 0 Å². The van der Waals surface area contributed by atoms with E-state index in [1.807, 2.05) is 6.92 Å². The van der Waals surface area contributed by atoms with Crippen molar-refractivity contribution in [3.8, 4) is 0 Å². The highest BCUT2D eigenvalue weighted by Crippen LogP contribution is 2.29. The summed E-state index contributed by atoms with van der Waals surface area (Å²) in [7, 11) is 1.77. The van der Waals surface area contributed by atoms with E-state index in [1.54, 1.807) is 13.2 Å². The molecule has 0 aromatic carbocycles. The molecule has 1 aliphatic rings. The lowest BCUT2D eigenvalue weighted by atomic mass is 9.83. The van der Waals surface area contributed by atoms with Crippen molar-refractivity contribution in [1.82, 2.24) is 4.90 Å². The Morgan fingerprint density at radius 2 is 1.80 bits per heavy atom. The van der Waals surface area contributed by atoms with Gasteiger partial charge in [0.1, 0.15) is 0 Å². The minimum atomic E-state index is 0.573. The highest BCUT2D eigenvalue weighted by Gasteiger charge is 2.24. The fourth-order valence-corrected chi connectivity index (χ4v) is 1.60. The standard InChI is InChI=1S/C10H21NO.C3H6/c1-10(2)4-6-11(7-5-10)8-9-12-3;1-3-2/h4-9H2,1-3H3;3H,1H2,2H3. The van der Waals surface area contributed by atoms with Crippen molar-refractivity contribution in [3.05, 3.63) is 12.7 Å². The summed E-state index contributed by atoms with van der Waals surface area (Å²) in [5.41, 5.74) is 0.573. The molecule has 0 amide bonds. The first kappa shape index (κ1) is 14.7. The van der Waals surface area contributed by atoms with Crippen LogP contribution in [0.3, 0.4) is 0 Å². The SMILES string of the molecule is C=CC.COCCN1CCC(C)(C)CC1. The molecular formula is C13H27NO. The van der Waals surface area contributed by atoms with Crippen LogP contribution >= 0.6 is 0 Å². The monoisotopic (exact) mass is 213 g/mol. The van der Waals surface area contributed by atoms with Gasteiger partial charge in [-0.25, -0.2) is 0 Å². The topological polar surface area (TPSA) is 12.5 Å². The van der Waals surface area contributed by atoms with E-state index in [1.165, 1.54) is 25.9 Å². The Bertz CT molecular complexity index is 156. The average Bonchev–Trinajstić information content (AvgIpc) is 2.18. The van der Waals surface area contributed by atoms with Crippen molar-refractivity contribution in [1.29, 1.82) is 0 Å². The van der Waals surface area contributed by atoms with Gasteiger partial charge in [0.25, 0.3) is 0 Å². The lowest BCUT2D eigenvalue weighted by Crippen LogP contribution is -2.38. The lowest BCUT2D eigenvalue weighted by molar-refractivity contribution is 0.0954. The van der Waals surface area contributed by atoms with Crippen LogP contribution in [0.5, 0.6) is 0 Å². The normalized spacial score (nSPS) is 20.3. The highest BCUT2D eigenvalue weighted by molar-refractivity contribution is 4.78. The Kier molecular flexibility index (Phi) is 7.71. The number of nitrogens with zero attached hydrogens (tertiary/aromatic N) is 1. The van der Waals surface area contributed by atoms with Gasteiger partial charge >= 0.3 is 0 Å². The third-order valence-electron chi connectivity index (χ3n) is 2.82. The first-order chi connectivity index (χ1) is 7.05. The molecule has 0 bridgehead atoms. The van der Waals surface area contributed by atoms with E-state index in [9.17, 15) is 0 Å². The molecule has 0 spiro atoms. The minimum Gasteiger partial charge on any atom is -0.383 e. The number of methoxy groups -OCH3 is 1. The maximum atomic E-state index is 5.05. The summed E-state index contributed by atoms with van der Waals surface area (Å²) in [4.78, 5) is 2.49. The minimum absolute atomic E-state index is 0.573. The van der Waals surface area contributed by atoms with Gasteiger partial charge in [-0.3, -0.25) is 0 Å². The molecule has 0 saturated carbocycles. The Hall–Kier alpha value is -0.340. The van der Waals surface area contributed by atoms with E-state index in [-0.39, 0.29) is 0 Å². The molecule has 90 valence electrons. The Labute approximate surface area is 95.3 Å². The summed E-state index contributed by atoms with van der Waals surface area (Å²) >= 11 is 0. The third-order valence-corrected chi connectivity index (χ3v) is 2.82. The number of likely N-dealkylation sites (tertiary alicyclic amines) is 1. The molecule has 0 atom stereocenters. The molecule has 1 fully saturated rings. The predicted octanol–water partition coefficient (Wildman–Crippen LogP) is 2.95. The van der Waals surface area contributed by atoms with Gasteiger partial charge < -0.3 is 9.64 Å². The molecule has 15 heavy (non-hydrogen) atoms. The summed E-state index contributed by atoms with van der Waals surface area (Å²) in [6.45, 7) is 14.4. The van der Waals surface area contributed by atoms with Crippen LogP contribution in [0.25, 0.3) is 0 Å². The Morgan fingerprint density at radius 3 is 2.20 bits per heavy atom. The van der Waals surface area contributed by atoms with Crippen LogP contribution in [0.2, 0.25) is 0 Å². The van der Waals surface area contributed by atoms with E-state index < -0.39 is 0 Å². The third kappa shape index (κ3) is 7.57. The van der Waals surface area contributed by atoms with Crippen LogP contribution in [-0.2, 0) is 4.74 Å². The molecule has 0 aromatic heterocycles. The summed E-state index contributed by atoms with van der Waals surface area (Å²) in [5.74, 6) is 0. The molecule has 0 N–H and O–H groups in total. The van der Waals surface area contributed by atoms with E-state index in [0.29, 0.717) is 5.41 Å². The van der Waals surface area contributed by atoms with Crippen molar-refractivity contribution < 1.29 is 4.74 Å². The second-order valence-corrected chi connectivity index (χ2v) is 4.91. The molecular weight excluding hydrogens is 186 g/mol. The molecule has 0 unspecified atom stereocenters. The molecule has 1 rings (SSSR count). The summed E-state index contributed by atoms with van der Waals surface area (Å²) in [6.07, 6.45) is 4.41. The number of hydrogen-bond acceptors (Lipinski definition) is 2. The van der Waals surface area contributed by atoms with Gasteiger partial charge in [0.15, 0.2) is 0 Å². The summed E-state index contributed by atoms with van der Waals surface area (Å²) < 4.78 is 5.05. The number of piperidine rings is 1. The second-order valence-electron chi connectivity index (χ2n) is 4.91. The van der Waals surface area contributed by atoms with Crippen LogP contribution in [0.1, 0.15) is 33.6 Å². The highest BCUT2D eigenvalue weighted by atomic mass is 16.5. The van der Waals surface area contributed by atoms with Crippen LogP contribution in [0.4, 0.5) is 0 Å². The molecule has 2 heteroatoms. The zero-order chi connectivity index (χ0) is 11.7. The first-order valence-corrected chi connectivity index (χ1v) is 5.84. The molecule has 1 aliphatic heterocycles. The van der Waals surface area contributed by atoms with Gasteiger partial charge in [-0.05, 0) is 38.3 Å². The fourth-order valence-electron chi connectivity index (χ4n) is 1.60. The Balaban J connectivity index is 0.000000583. The van der Waals surface area contributed by atoms with E-state index in [2.05, 4.69) is 25.3 Å². The van der Waals surface area contributed by atoms with Crippen molar-refractivity contribution in [2.45, 2.75) is 33.6 Å². The first-order valence-electron chi connectivity index (χ1n) is 5.84. The predicted molar refractivity (Wildman–Crippen MR) is 67.2 cm³/mol. The Morgan fingerprint density at radius 1 is 1.33 bits per heavy atom. The lowest BCUT2D eigenvalue weighted by Gasteiger charge is -2.36. The number of allylic oxidation sites excluding steroid dienone is 1. The second kappa shape index (κ2) is 7.89. The van der Waals surface area contributed by atoms with Gasteiger partial charge in [0, 0.05) is 13.7 Å². The van der Waals surface area contributed by atoms with Gasteiger partial charge in [-0.2, -0.15) is 0 Å². The molecule has 0 aliphatic carbocycles. The number of rotatable bonds is 3. The van der Waals surface area contributed by atoms with Gasteiger partial charge in [0.05, 0.1) is 6.61 Å². The zero-order valence-corrected chi connectivity index (χ0v) is 10.9. The van der Waals surface area contributed by atoms with Crippen molar-refractivity contribution in [2.24, 2.45) is 5.41 Å². The molecule has 0 radical (unpaired) electrons. The summed E-state index contributed by atoms with van der Waals surface area (Å²) in [5, 5.41) is 0. The van der Waals surface area contributed by atoms with E-state index in [0.717, 1.165) is 13.2 Å². The van der Waals surface area contributed by atoms with Gasteiger partial charge in [0.2, 0.25) is 0 Å². The van der Waals surface area contributed by atoms with E-state index >= 15 is 0 Å². The number of hydrogen-bond donors (Lipinski definition) is 0. The zero-order valence-electron chi connectivity index (χ0n) is 10.9. The molecule has 1 saturated heterocycles. The molecule has 0 aromatic rings. The molecule has 2 nitrogen and oxygen atoms in total. The van der Waals surface area contributed by atoms with Crippen LogP contribution in [-0.4, -0.2) is 38.3 Å². The largest absolute Gasteiger partial charge is 0.383 e. The maximum Gasteiger partial charge on any atom is 0.0589 e. The fraction of sp³-hybridized carbons (Fsp3) is 0.846. The number of ether oxygens (including phenoxy) is 1. The smallest absolute Gasteiger partial charge is 0.0589 e. The molecule has 1 heterocycles. The quantitative estimate of drug-likeness (QED) is 0.668. The van der Waals surface area contributed by atoms with Crippen LogP contribution in [0, 0.1) is 5.41 Å². The van der Waals surface area contributed by atoms with Crippen LogP contribution < -0.4 is 0 Å². The van der Waals surface area contributed by atoms with Crippen molar-refractivity contribution >= 4 is 0 Å². The maximum absolute atomic E-state index is 5.05. The van der Waals surface area contributed by atoms with E-state index in [4.69, 9.17) is 4.74 Å². The van der Waals surface area contributed by atoms with Gasteiger partial charge in [-0.1, -0.05) is 19.9 Å². The van der Waals surface area contributed by atoms with Gasteiger partial charge in [-0.15, -0.1) is 6.58 Å². The average molecular weight is 213 g/mol. The van der Waals surface area contributed by atoms with Crippen molar-refractivity contribution in [2.75, 3.05) is 33.4 Å². The summed E-state index contributed by atoms with van der Waals surface area (Å²) in [6, 6.07) is 0.